The third-order valence-corrected chi connectivity index (χ3v) is 18.8. The van der Waals surface area contributed by atoms with Gasteiger partial charge in [0.25, 0.3) is 0 Å². The summed E-state index contributed by atoms with van der Waals surface area (Å²) in [5, 5.41) is 7.45. The number of nitrogens with zero attached hydrogens (tertiary/aromatic N) is 6. The zero-order valence-electron chi connectivity index (χ0n) is 40.2. The van der Waals surface area contributed by atoms with Gasteiger partial charge in [-0.15, -0.1) is 0 Å². The minimum Gasteiger partial charge on any atom is -0.294 e. The minimum atomic E-state index is -2.87. The zero-order chi connectivity index (χ0) is 49.3. The highest BCUT2D eigenvalue weighted by Crippen LogP contribution is 2.39. The quantitative estimate of drug-likeness (QED) is 0.0954. The van der Waals surface area contributed by atoms with Crippen molar-refractivity contribution in [3.63, 3.8) is 0 Å². The Balaban J connectivity index is 1.00. The molecule has 3 aromatic heterocycles. The van der Waals surface area contributed by atoms with E-state index in [0.717, 1.165) is 61.5 Å². The molecule has 0 spiro atoms. The molecule has 3 heterocycles. The number of aromatic nitrogens is 6. The van der Waals surface area contributed by atoms with Crippen LogP contribution in [0.15, 0.2) is 279 Å². The van der Waals surface area contributed by atoms with Crippen molar-refractivity contribution < 1.29 is 0 Å². The van der Waals surface area contributed by atoms with E-state index in [1.165, 1.54) is 31.5 Å². The Morgan fingerprint density at radius 1 is 0.257 bits per heavy atom. The van der Waals surface area contributed by atoms with Crippen molar-refractivity contribution in [2.24, 2.45) is 0 Å². The topological polar surface area (TPSA) is 69.4 Å². The lowest BCUT2D eigenvalue weighted by molar-refractivity contribution is 1.05. The van der Waals surface area contributed by atoms with Crippen molar-refractivity contribution in [1.29, 1.82) is 0 Å². The van der Waals surface area contributed by atoms with Crippen LogP contribution < -0.4 is 20.7 Å². The van der Waals surface area contributed by atoms with E-state index >= 15 is 0 Å². The van der Waals surface area contributed by atoms with E-state index in [-0.39, 0.29) is 0 Å². The van der Waals surface area contributed by atoms with Crippen molar-refractivity contribution in [3.8, 4) is 73.8 Å². The predicted octanol–water partition coefficient (Wildman–Crippen LogP) is 13.1. The second kappa shape index (κ2) is 19.1. The van der Waals surface area contributed by atoms with Crippen LogP contribution in [-0.2, 0) is 0 Å². The van der Waals surface area contributed by atoms with E-state index in [4.69, 9.17) is 24.9 Å². The van der Waals surface area contributed by atoms with Crippen LogP contribution >= 0.6 is 0 Å². The summed E-state index contributed by atoms with van der Waals surface area (Å²) in [7, 11) is -2.87. The third kappa shape index (κ3) is 7.89. The molecule has 0 N–H and O–H groups in total. The van der Waals surface area contributed by atoms with Gasteiger partial charge in [0, 0.05) is 44.7 Å². The highest BCUT2D eigenvalue weighted by molar-refractivity contribution is 7.19. The standard InChI is InChI=1S/C67H46N6Si/c1-6-25-47(26-7-1)60-46-63(73-61-43-22-20-39-56(61)57-40-21-23-44-62(57)73)69-66(68-60)58-41-18-16-37-54(58)55-38-17-19-42-59(55)67-71-64(48-27-8-2-9-28-48)70-65(72-67)49-29-24-36-53(45-49)74(50-30-10-3-11-31-50,51-32-12-4-13-33-51)52-34-14-5-15-35-52/h1-46H. The van der Waals surface area contributed by atoms with Crippen LogP contribution in [0.1, 0.15) is 0 Å². The molecule has 348 valence electrons. The highest BCUT2D eigenvalue weighted by atomic mass is 28.3. The van der Waals surface area contributed by atoms with E-state index in [9.17, 15) is 0 Å². The fourth-order valence-electron chi connectivity index (χ4n) is 10.7. The number of fused-ring (bicyclic) bond motifs is 3. The Morgan fingerprint density at radius 3 is 1.16 bits per heavy atom. The van der Waals surface area contributed by atoms with Crippen LogP contribution in [-0.4, -0.2) is 37.6 Å². The molecule has 0 saturated carbocycles. The molecule has 0 unspecified atom stereocenters. The molecule has 0 aliphatic rings. The van der Waals surface area contributed by atoms with Crippen LogP contribution in [0.25, 0.3) is 95.6 Å². The fraction of sp³-hybridized carbons (Fsp3) is 0. The summed E-state index contributed by atoms with van der Waals surface area (Å²) in [6, 6.07) is 98.4. The fourth-order valence-corrected chi connectivity index (χ4v) is 15.5. The van der Waals surface area contributed by atoms with Crippen LogP contribution in [0.4, 0.5) is 0 Å². The van der Waals surface area contributed by atoms with E-state index in [1.807, 2.05) is 24.3 Å². The van der Waals surface area contributed by atoms with Gasteiger partial charge in [0.2, 0.25) is 0 Å². The summed E-state index contributed by atoms with van der Waals surface area (Å²) in [6.07, 6.45) is 0. The molecule has 0 bridgehead atoms. The number of para-hydroxylation sites is 2. The third-order valence-electron chi connectivity index (χ3n) is 14.1. The van der Waals surface area contributed by atoms with E-state index in [2.05, 4.69) is 259 Å². The Hall–Kier alpha value is -9.69. The molecule has 0 radical (unpaired) electrons. The van der Waals surface area contributed by atoms with Crippen LogP contribution in [0.3, 0.4) is 0 Å². The predicted molar refractivity (Wildman–Crippen MR) is 306 cm³/mol. The van der Waals surface area contributed by atoms with Gasteiger partial charge in [-0.2, -0.15) is 0 Å². The molecule has 7 heteroatoms. The number of hydrogen-bond acceptors (Lipinski definition) is 5. The van der Waals surface area contributed by atoms with Crippen LogP contribution in [0.5, 0.6) is 0 Å². The van der Waals surface area contributed by atoms with Crippen molar-refractivity contribution in [2.45, 2.75) is 0 Å². The monoisotopic (exact) mass is 962 g/mol. The average molecular weight is 963 g/mol. The van der Waals surface area contributed by atoms with E-state index in [0.29, 0.717) is 23.3 Å². The van der Waals surface area contributed by atoms with Gasteiger partial charge in [0.05, 0.1) is 16.7 Å². The number of hydrogen-bond donors (Lipinski definition) is 0. The van der Waals surface area contributed by atoms with Gasteiger partial charge in [0.15, 0.2) is 31.4 Å². The van der Waals surface area contributed by atoms with E-state index in [1.54, 1.807) is 0 Å². The first kappa shape index (κ1) is 44.3. The second-order valence-corrected chi connectivity index (χ2v) is 22.2. The molecule has 13 aromatic rings. The molecule has 0 atom stereocenters. The molecule has 0 fully saturated rings. The molecule has 6 nitrogen and oxygen atoms in total. The molecule has 10 aromatic carbocycles. The van der Waals surface area contributed by atoms with Gasteiger partial charge in [-0.05, 0) is 44.0 Å². The summed E-state index contributed by atoms with van der Waals surface area (Å²) >= 11 is 0. The maximum absolute atomic E-state index is 5.48. The maximum Gasteiger partial charge on any atom is 0.179 e. The van der Waals surface area contributed by atoms with Crippen LogP contribution in [0, 0.1) is 0 Å². The Kier molecular flexibility index (Phi) is 11.5. The maximum atomic E-state index is 5.48. The zero-order valence-corrected chi connectivity index (χ0v) is 41.2. The first-order valence-electron chi connectivity index (χ1n) is 24.9. The molecule has 13 rings (SSSR count). The highest BCUT2D eigenvalue weighted by Gasteiger charge is 2.41. The Bertz CT molecular complexity index is 3980. The second-order valence-electron chi connectivity index (χ2n) is 18.4. The first-order valence-corrected chi connectivity index (χ1v) is 26.9. The lowest BCUT2D eigenvalue weighted by Gasteiger charge is -2.34. The first-order chi connectivity index (χ1) is 36.7. The Labute approximate surface area is 430 Å². The van der Waals surface area contributed by atoms with Gasteiger partial charge >= 0.3 is 0 Å². The molecule has 0 saturated heterocycles. The largest absolute Gasteiger partial charge is 0.294 e. The average Bonchev–Trinajstić information content (AvgIpc) is 3.83. The van der Waals surface area contributed by atoms with Crippen molar-refractivity contribution >= 4 is 50.6 Å². The molecule has 0 aliphatic carbocycles. The molecule has 0 amide bonds. The lowest BCUT2D eigenvalue weighted by Crippen LogP contribution is -2.74. The van der Waals surface area contributed by atoms with Gasteiger partial charge < -0.3 is 0 Å². The smallest absolute Gasteiger partial charge is 0.179 e. The van der Waals surface area contributed by atoms with Crippen molar-refractivity contribution in [1.82, 2.24) is 29.5 Å². The van der Waals surface area contributed by atoms with Gasteiger partial charge in [0.1, 0.15) is 5.82 Å². The normalized spacial score (nSPS) is 11.5. The molecule has 0 aliphatic heterocycles. The summed E-state index contributed by atoms with van der Waals surface area (Å²) in [5.74, 6) is 3.13. The van der Waals surface area contributed by atoms with Crippen molar-refractivity contribution in [3.05, 3.63) is 279 Å². The van der Waals surface area contributed by atoms with Crippen LogP contribution in [0.2, 0.25) is 0 Å². The lowest BCUT2D eigenvalue weighted by atomic mass is 9.94. The molecular formula is C67H46N6Si. The van der Waals surface area contributed by atoms with Crippen molar-refractivity contribution in [2.75, 3.05) is 0 Å². The number of benzene rings is 10. The van der Waals surface area contributed by atoms with E-state index < -0.39 is 8.07 Å². The summed E-state index contributed by atoms with van der Waals surface area (Å²) in [4.78, 5) is 26.9. The summed E-state index contributed by atoms with van der Waals surface area (Å²) in [6.45, 7) is 0. The molecular weight excluding hydrogens is 917 g/mol. The summed E-state index contributed by atoms with van der Waals surface area (Å²) in [5.41, 5.74) is 9.44. The summed E-state index contributed by atoms with van der Waals surface area (Å²) < 4.78 is 2.26. The Morgan fingerprint density at radius 2 is 0.635 bits per heavy atom. The van der Waals surface area contributed by atoms with Gasteiger partial charge in [-0.3, -0.25) is 4.57 Å². The SMILES string of the molecule is c1ccc(-c2cc(-n3c4ccccc4c4ccccc43)nc(-c3ccccc3-c3ccccc3-c3nc(-c4ccccc4)nc(-c4cccc([Si](c5ccccc5)(c5ccccc5)c5ccccc5)c4)n3)n2)cc1. The van der Waals surface area contributed by atoms with Gasteiger partial charge in [-0.1, -0.05) is 261 Å². The minimum absolute atomic E-state index is 0.562. The van der Waals surface area contributed by atoms with Gasteiger partial charge in [-0.25, -0.2) is 24.9 Å². The molecule has 74 heavy (non-hydrogen) atoms. The number of rotatable bonds is 11.